The van der Waals surface area contributed by atoms with Gasteiger partial charge in [-0.25, -0.2) is 4.39 Å². The first-order valence-corrected chi connectivity index (χ1v) is 6.14. The zero-order valence-corrected chi connectivity index (χ0v) is 10.6. The molecule has 0 aliphatic heterocycles. The molecule has 15 heavy (non-hydrogen) atoms. The fourth-order valence-electron chi connectivity index (χ4n) is 2.39. The lowest BCUT2D eigenvalue weighted by Gasteiger charge is -2.17. The number of fused-ring (bicyclic) bond motifs is 1. The quantitative estimate of drug-likeness (QED) is 0.869. The highest BCUT2D eigenvalue weighted by Crippen LogP contribution is 2.39. The number of hydrogen-bond donors (Lipinski definition) is 1. The molecule has 3 heteroatoms. The van der Waals surface area contributed by atoms with Gasteiger partial charge in [0, 0.05) is 10.5 Å². The fraction of sp³-hybridized carbons (Fsp3) is 0.500. The van der Waals surface area contributed by atoms with Gasteiger partial charge >= 0.3 is 0 Å². The molecule has 1 aromatic rings. The lowest BCUT2D eigenvalue weighted by molar-refractivity contribution is 0.425. The molecule has 2 unspecified atom stereocenters. The Labute approximate surface area is 98.2 Å². The van der Waals surface area contributed by atoms with Crippen molar-refractivity contribution in [1.29, 1.82) is 0 Å². The van der Waals surface area contributed by atoms with Crippen LogP contribution in [0.5, 0.6) is 0 Å². The maximum Gasteiger partial charge on any atom is 0.124 e. The van der Waals surface area contributed by atoms with Crippen molar-refractivity contribution < 1.29 is 4.39 Å². The first-order chi connectivity index (χ1) is 7.13. The van der Waals surface area contributed by atoms with Crippen LogP contribution in [0.1, 0.15) is 31.0 Å². The van der Waals surface area contributed by atoms with Gasteiger partial charge in [0.25, 0.3) is 0 Å². The van der Waals surface area contributed by atoms with E-state index in [1.54, 1.807) is 12.1 Å². The van der Waals surface area contributed by atoms with Gasteiger partial charge in [-0.1, -0.05) is 29.8 Å². The Morgan fingerprint density at radius 3 is 2.93 bits per heavy atom. The third-order valence-electron chi connectivity index (χ3n) is 3.05. The van der Waals surface area contributed by atoms with Crippen LogP contribution in [0.25, 0.3) is 0 Å². The number of nitrogens with one attached hydrogen (secondary N) is 1. The SMILES string of the molecule is CCNC1c2cc(F)cc(Br)c2CC1C. The van der Waals surface area contributed by atoms with E-state index in [0.717, 1.165) is 23.0 Å². The molecule has 1 aliphatic carbocycles. The molecule has 0 fully saturated rings. The summed E-state index contributed by atoms with van der Waals surface area (Å²) in [4.78, 5) is 0. The molecule has 0 saturated heterocycles. The summed E-state index contributed by atoms with van der Waals surface area (Å²) < 4.78 is 14.2. The highest BCUT2D eigenvalue weighted by Gasteiger charge is 2.30. The summed E-state index contributed by atoms with van der Waals surface area (Å²) in [6.45, 7) is 5.21. The Morgan fingerprint density at radius 2 is 2.27 bits per heavy atom. The van der Waals surface area contributed by atoms with Gasteiger partial charge in [0.15, 0.2) is 0 Å². The molecule has 82 valence electrons. The minimum absolute atomic E-state index is 0.155. The zero-order chi connectivity index (χ0) is 11.0. The molecule has 0 aromatic heterocycles. The molecule has 0 amide bonds. The molecule has 0 spiro atoms. The monoisotopic (exact) mass is 271 g/mol. The van der Waals surface area contributed by atoms with Crippen LogP contribution >= 0.6 is 15.9 Å². The van der Waals surface area contributed by atoms with E-state index in [-0.39, 0.29) is 5.82 Å². The first kappa shape index (κ1) is 11.1. The summed E-state index contributed by atoms with van der Waals surface area (Å²) in [6, 6.07) is 3.52. The smallest absolute Gasteiger partial charge is 0.124 e. The molecule has 2 rings (SSSR count). The predicted molar refractivity (Wildman–Crippen MR) is 63.4 cm³/mol. The molecule has 1 N–H and O–H groups in total. The molecule has 2 atom stereocenters. The molecule has 1 aliphatic rings. The van der Waals surface area contributed by atoms with E-state index < -0.39 is 0 Å². The van der Waals surface area contributed by atoms with Gasteiger partial charge in [0.05, 0.1) is 0 Å². The van der Waals surface area contributed by atoms with E-state index >= 15 is 0 Å². The van der Waals surface area contributed by atoms with Crippen molar-refractivity contribution in [2.45, 2.75) is 26.3 Å². The second kappa shape index (κ2) is 4.22. The maximum atomic E-state index is 13.3. The Hall–Kier alpha value is -0.410. The molecule has 0 bridgehead atoms. The standard InChI is InChI=1S/C12H15BrFN/c1-3-15-12-7(2)4-9-10(12)5-8(14)6-11(9)13/h5-7,12,15H,3-4H2,1-2H3. The minimum atomic E-state index is -0.155. The molecule has 0 saturated carbocycles. The van der Waals surface area contributed by atoms with Crippen LogP contribution in [0.4, 0.5) is 4.39 Å². The van der Waals surface area contributed by atoms with Gasteiger partial charge in [-0.05, 0) is 42.1 Å². The number of hydrogen-bond acceptors (Lipinski definition) is 1. The van der Waals surface area contributed by atoms with Crippen molar-refractivity contribution in [3.05, 3.63) is 33.5 Å². The predicted octanol–water partition coefficient (Wildman–Crippen LogP) is 3.43. The van der Waals surface area contributed by atoms with Gasteiger partial charge in [0.1, 0.15) is 5.82 Å². The summed E-state index contributed by atoms with van der Waals surface area (Å²) in [5, 5.41) is 3.42. The second-order valence-electron chi connectivity index (χ2n) is 4.17. The third kappa shape index (κ3) is 1.95. The highest BCUT2D eigenvalue weighted by atomic mass is 79.9. The van der Waals surface area contributed by atoms with Crippen LogP contribution in [0.15, 0.2) is 16.6 Å². The van der Waals surface area contributed by atoms with E-state index in [4.69, 9.17) is 0 Å². The highest BCUT2D eigenvalue weighted by molar-refractivity contribution is 9.10. The van der Waals surface area contributed by atoms with E-state index in [0.29, 0.717) is 12.0 Å². The van der Waals surface area contributed by atoms with Gasteiger partial charge in [-0.3, -0.25) is 0 Å². The molecular weight excluding hydrogens is 257 g/mol. The Kier molecular flexibility index (Phi) is 3.12. The van der Waals surface area contributed by atoms with E-state index in [9.17, 15) is 4.39 Å². The van der Waals surface area contributed by atoms with Crippen LogP contribution < -0.4 is 5.32 Å². The third-order valence-corrected chi connectivity index (χ3v) is 3.76. The topological polar surface area (TPSA) is 12.0 Å². The van der Waals surface area contributed by atoms with Crippen molar-refractivity contribution in [3.63, 3.8) is 0 Å². The lowest BCUT2D eigenvalue weighted by atomic mass is 10.0. The van der Waals surface area contributed by atoms with Crippen LogP contribution in [0.2, 0.25) is 0 Å². The summed E-state index contributed by atoms with van der Waals surface area (Å²) in [5.41, 5.74) is 2.38. The van der Waals surface area contributed by atoms with Crippen molar-refractivity contribution >= 4 is 15.9 Å². The van der Waals surface area contributed by atoms with Gasteiger partial charge < -0.3 is 5.32 Å². The maximum absolute atomic E-state index is 13.3. The molecule has 0 heterocycles. The molecular formula is C12H15BrFN. The van der Waals surface area contributed by atoms with Crippen molar-refractivity contribution in [2.24, 2.45) is 5.92 Å². The van der Waals surface area contributed by atoms with Crippen LogP contribution in [-0.4, -0.2) is 6.54 Å². The Balaban J connectivity index is 2.43. The average molecular weight is 272 g/mol. The van der Waals surface area contributed by atoms with Crippen molar-refractivity contribution in [3.8, 4) is 0 Å². The van der Waals surface area contributed by atoms with Crippen LogP contribution in [0.3, 0.4) is 0 Å². The number of benzene rings is 1. The minimum Gasteiger partial charge on any atom is -0.310 e. The first-order valence-electron chi connectivity index (χ1n) is 5.34. The summed E-state index contributed by atoms with van der Waals surface area (Å²) in [5.74, 6) is 0.385. The van der Waals surface area contributed by atoms with E-state index in [1.165, 1.54) is 5.56 Å². The second-order valence-corrected chi connectivity index (χ2v) is 5.03. The number of halogens is 2. The summed E-state index contributed by atoms with van der Waals surface area (Å²) in [7, 11) is 0. The van der Waals surface area contributed by atoms with Gasteiger partial charge in [-0.2, -0.15) is 0 Å². The van der Waals surface area contributed by atoms with Gasteiger partial charge in [-0.15, -0.1) is 0 Å². The zero-order valence-electron chi connectivity index (χ0n) is 8.98. The molecule has 1 aromatic carbocycles. The molecule has 1 nitrogen and oxygen atoms in total. The van der Waals surface area contributed by atoms with E-state index in [1.807, 2.05) is 0 Å². The fourth-order valence-corrected chi connectivity index (χ4v) is 3.00. The van der Waals surface area contributed by atoms with Crippen LogP contribution in [-0.2, 0) is 6.42 Å². The Morgan fingerprint density at radius 1 is 1.53 bits per heavy atom. The number of rotatable bonds is 2. The van der Waals surface area contributed by atoms with Crippen molar-refractivity contribution in [1.82, 2.24) is 5.32 Å². The van der Waals surface area contributed by atoms with Crippen LogP contribution in [0, 0.1) is 11.7 Å². The normalized spacial score (nSPS) is 24.3. The Bertz CT molecular complexity index is 378. The average Bonchev–Trinajstić information content (AvgIpc) is 2.46. The lowest BCUT2D eigenvalue weighted by Crippen LogP contribution is -2.23. The van der Waals surface area contributed by atoms with E-state index in [2.05, 4.69) is 35.1 Å². The molecule has 0 radical (unpaired) electrons. The van der Waals surface area contributed by atoms with Crippen molar-refractivity contribution in [2.75, 3.05) is 6.54 Å². The summed E-state index contributed by atoms with van der Waals surface area (Å²) >= 11 is 3.44. The summed E-state index contributed by atoms with van der Waals surface area (Å²) in [6.07, 6.45) is 1.02. The largest absolute Gasteiger partial charge is 0.310 e. The van der Waals surface area contributed by atoms with Gasteiger partial charge in [0.2, 0.25) is 0 Å².